The Hall–Kier alpha value is -1.28. The van der Waals surface area contributed by atoms with Crippen LogP contribution >= 0.6 is 0 Å². The van der Waals surface area contributed by atoms with Crippen LogP contribution in [0.15, 0.2) is 0 Å². The van der Waals surface area contributed by atoms with Crippen molar-refractivity contribution >= 4 is 5.91 Å². The van der Waals surface area contributed by atoms with Crippen molar-refractivity contribution in [3.8, 4) is 6.07 Å². The summed E-state index contributed by atoms with van der Waals surface area (Å²) in [6, 6.07) is 2.31. The molecule has 5 atom stereocenters. The minimum Gasteiger partial charge on any atom is -0.350 e. The lowest BCUT2D eigenvalue weighted by atomic mass is 10.0. The molecule has 4 aliphatic rings. The number of hydrogen-bond acceptors (Lipinski definition) is 8. The molecule has 0 aromatic rings. The maximum atomic E-state index is 12.4. The number of carbonyl (C=O) groups excluding carboxylic acids is 1. The minimum atomic E-state index is -0.615. The summed E-state index contributed by atoms with van der Waals surface area (Å²) in [4.78, 5) is 16.6. The van der Waals surface area contributed by atoms with Gasteiger partial charge in [0.15, 0.2) is 12.1 Å². The van der Waals surface area contributed by atoms with Gasteiger partial charge in [0.2, 0.25) is 5.91 Å². The number of nitriles is 1. The van der Waals surface area contributed by atoms with Gasteiger partial charge in [0.05, 0.1) is 12.6 Å². The largest absolute Gasteiger partial charge is 0.350 e. The second kappa shape index (κ2) is 9.69. The number of ether oxygens (including phenoxy) is 4. The van der Waals surface area contributed by atoms with Crippen LogP contribution in [0.5, 0.6) is 0 Å². The molecule has 4 heterocycles. The Labute approximate surface area is 184 Å². The van der Waals surface area contributed by atoms with Gasteiger partial charge in [-0.05, 0) is 59.5 Å². The summed E-state index contributed by atoms with van der Waals surface area (Å²) in [5.74, 6) is -0.574. The molecule has 0 saturated carbocycles. The van der Waals surface area contributed by atoms with E-state index in [-0.39, 0.29) is 36.6 Å². The van der Waals surface area contributed by atoms with Crippen LogP contribution in [0.3, 0.4) is 0 Å². The standard InChI is InChI=1S/C22H36N4O5/c1-4-28-21-20-19(30-22(2,3)31-20)17(29-21)14-25-10-7-15(8-11-25)24-13-18(27)26-9-5-6-16(26)12-23/h15-17,19-21,24H,4-11,13-14H2,1-3H3/t16-,17+,19+,20+,21+/m0/s1. The molecule has 0 aromatic heterocycles. The van der Waals surface area contributed by atoms with Crippen molar-refractivity contribution in [2.45, 2.75) is 88.9 Å². The number of likely N-dealkylation sites (tertiary alicyclic amines) is 2. The topological polar surface area (TPSA) is 96.3 Å². The third-order valence-electron chi connectivity index (χ3n) is 6.73. The lowest BCUT2D eigenvalue weighted by Crippen LogP contribution is -2.49. The second-order valence-electron chi connectivity index (χ2n) is 9.39. The number of carbonyl (C=O) groups is 1. The average Bonchev–Trinajstić information content (AvgIpc) is 3.42. The van der Waals surface area contributed by atoms with Crippen molar-refractivity contribution in [1.82, 2.24) is 15.1 Å². The molecule has 4 fully saturated rings. The first-order valence-corrected chi connectivity index (χ1v) is 11.7. The van der Waals surface area contributed by atoms with Crippen molar-refractivity contribution in [3.05, 3.63) is 0 Å². The average molecular weight is 437 g/mol. The van der Waals surface area contributed by atoms with E-state index < -0.39 is 5.79 Å². The van der Waals surface area contributed by atoms with Crippen molar-refractivity contribution < 1.29 is 23.7 Å². The van der Waals surface area contributed by atoms with Crippen molar-refractivity contribution in [3.63, 3.8) is 0 Å². The first-order chi connectivity index (χ1) is 14.9. The summed E-state index contributed by atoms with van der Waals surface area (Å²) in [7, 11) is 0. The molecule has 174 valence electrons. The van der Waals surface area contributed by atoms with Crippen LogP contribution in [0, 0.1) is 11.3 Å². The van der Waals surface area contributed by atoms with Gasteiger partial charge in [-0.25, -0.2) is 0 Å². The van der Waals surface area contributed by atoms with Crippen LogP contribution in [-0.2, 0) is 23.7 Å². The maximum Gasteiger partial charge on any atom is 0.237 e. The van der Waals surface area contributed by atoms with E-state index in [0.717, 1.165) is 45.3 Å². The van der Waals surface area contributed by atoms with Gasteiger partial charge in [0.1, 0.15) is 24.4 Å². The van der Waals surface area contributed by atoms with Crippen LogP contribution < -0.4 is 5.32 Å². The molecule has 4 rings (SSSR count). The fraction of sp³-hybridized carbons (Fsp3) is 0.909. The number of amides is 1. The van der Waals surface area contributed by atoms with E-state index in [0.29, 0.717) is 25.7 Å². The third-order valence-corrected chi connectivity index (χ3v) is 6.73. The van der Waals surface area contributed by atoms with Gasteiger partial charge in [-0.3, -0.25) is 4.79 Å². The zero-order valence-electron chi connectivity index (χ0n) is 18.9. The van der Waals surface area contributed by atoms with Crippen molar-refractivity contribution in [2.75, 3.05) is 39.3 Å². The van der Waals surface area contributed by atoms with Gasteiger partial charge in [-0.2, -0.15) is 5.26 Å². The van der Waals surface area contributed by atoms with Gasteiger partial charge in [-0.1, -0.05) is 0 Å². The zero-order valence-corrected chi connectivity index (χ0v) is 18.9. The Morgan fingerprint density at radius 2 is 1.94 bits per heavy atom. The SMILES string of the molecule is CCO[C@@H]1O[C@H](CN2CCC(NCC(=O)N3CCC[C@H]3C#N)CC2)[C@H]2OC(C)(C)O[C@@H]12. The molecule has 9 nitrogen and oxygen atoms in total. The predicted molar refractivity (Wildman–Crippen MR) is 112 cm³/mol. The molecular formula is C22H36N4O5. The summed E-state index contributed by atoms with van der Waals surface area (Å²) < 4.78 is 24.0. The number of nitrogens with zero attached hydrogens (tertiary/aromatic N) is 3. The summed E-state index contributed by atoms with van der Waals surface area (Å²) in [6.45, 7) is 10.1. The fourth-order valence-corrected chi connectivity index (χ4v) is 5.19. The van der Waals surface area contributed by atoms with Crippen LogP contribution in [-0.4, -0.2) is 97.5 Å². The summed E-state index contributed by atoms with van der Waals surface area (Å²) >= 11 is 0. The van der Waals surface area contributed by atoms with Crippen LogP contribution in [0.2, 0.25) is 0 Å². The van der Waals surface area contributed by atoms with E-state index in [9.17, 15) is 10.1 Å². The Morgan fingerprint density at radius 3 is 2.65 bits per heavy atom. The minimum absolute atomic E-state index is 0.0415. The smallest absolute Gasteiger partial charge is 0.237 e. The highest BCUT2D eigenvalue weighted by Gasteiger charge is 2.55. The quantitative estimate of drug-likeness (QED) is 0.627. The predicted octanol–water partition coefficient (Wildman–Crippen LogP) is 0.836. The van der Waals surface area contributed by atoms with Crippen molar-refractivity contribution in [1.29, 1.82) is 5.26 Å². The highest BCUT2D eigenvalue weighted by Crippen LogP contribution is 2.39. The van der Waals surface area contributed by atoms with Gasteiger partial charge >= 0.3 is 0 Å². The van der Waals surface area contributed by atoms with Crippen LogP contribution in [0.1, 0.15) is 46.5 Å². The Bertz CT molecular complexity index is 675. The van der Waals surface area contributed by atoms with Gasteiger partial charge in [0, 0.05) is 25.7 Å². The third kappa shape index (κ3) is 5.21. The van der Waals surface area contributed by atoms with E-state index in [1.54, 1.807) is 4.90 Å². The maximum absolute atomic E-state index is 12.4. The van der Waals surface area contributed by atoms with E-state index in [1.807, 2.05) is 20.8 Å². The van der Waals surface area contributed by atoms with Crippen LogP contribution in [0.4, 0.5) is 0 Å². The molecule has 31 heavy (non-hydrogen) atoms. The number of piperidine rings is 1. The Morgan fingerprint density at radius 1 is 1.19 bits per heavy atom. The first kappa shape index (κ1) is 22.9. The monoisotopic (exact) mass is 436 g/mol. The molecule has 0 radical (unpaired) electrons. The lowest BCUT2D eigenvalue weighted by Gasteiger charge is -2.35. The molecule has 0 spiro atoms. The highest BCUT2D eigenvalue weighted by molar-refractivity contribution is 5.79. The second-order valence-corrected chi connectivity index (χ2v) is 9.39. The van der Waals surface area contributed by atoms with Gasteiger partial charge in [-0.15, -0.1) is 0 Å². The van der Waals surface area contributed by atoms with E-state index in [4.69, 9.17) is 18.9 Å². The lowest BCUT2D eigenvalue weighted by molar-refractivity contribution is -0.233. The molecule has 1 N–H and O–H groups in total. The summed E-state index contributed by atoms with van der Waals surface area (Å²) in [5.41, 5.74) is 0. The summed E-state index contributed by atoms with van der Waals surface area (Å²) in [5, 5.41) is 12.6. The van der Waals surface area contributed by atoms with E-state index >= 15 is 0 Å². The van der Waals surface area contributed by atoms with E-state index in [1.165, 1.54) is 0 Å². The highest BCUT2D eigenvalue weighted by atomic mass is 16.8. The Balaban J connectivity index is 1.21. The summed E-state index contributed by atoms with van der Waals surface area (Å²) in [6.07, 6.45) is 2.91. The molecule has 0 unspecified atom stereocenters. The first-order valence-electron chi connectivity index (χ1n) is 11.7. The fourth-order valence-electron chi connectivity index (χ4n) is 5.19. The van der Waals surface area contributed by atoms with Gasteiger partial charge in [0.25, 0.3) is 0 Å². The normalized spacial score (nSPS) is 35.9. The number of hydrogen-bond donors (Lipinski definition) is 1. The number of rotatable bonds is 7. The van der Waals surface area contributed by atoms with Crippen molar-refractivity contribution in [2.24, 2.45) is 0 Å². The molecular weight excluding hydrogens is 400 g/mol. The molecule has 0 aliphatic carbocycles. The molecule has 4 aliphatic heterocycles. The molecule has 4 saturated heterocycles. The molecule has 9 heteroatoms. The molecule has 0 bridgehead atoms. The van der Waals surface area contributed by atoms with Crippen LogP contribution in [0.25, 0.3) is 0 Å². The molecule has 0 aromatic carbocycles. The van der Waals surface area contributed by atoms with E-state index in [2.05, 4.69) is 16.3 Å². The number of fused-ring (bicyclic) bond motifs is 1. The number of nitrogens with one attached hydrogen (secondary N) is 1. The zero-order chi connectivity index (χ0) is 22.0. The Kier molecular flexibility index (Phi) is 7.16. The molecule has 1 amide bonds. The van der Waals surface area contributed by atoms with Gasteiger partial charge < -0.3 is 34.1 Å².